The fraction of sp³-hybridized carbons (Fsp3) is 0.294. The number of imide groups is 1. The Morgan fingerprint density at radius 2 is 1.67 bits per heavy atom. The molecule has 21 heavy (non-hydrogen) atoms. The molecule has 0 radical (unpaired) electrons. The second-order valence-electron chi connectivity index (χ2n) is 5.52. The van der Waals surface area contributed by atoms with E-state index in [1.54, 1.807) is 0 Å². The van der Waals surface area contributed by atoms with E-state index in [9.17, 15) is 9.59 Å². The van der Waals surface area contributed by atoms with E-state index in [2.05, 4.69) is 0 Å². The smallest absolute Gasteiger partial charge is 0.261 e. The Labute approximate surface area is 124 Å². The fourth-order valence-electron chi connectivity index (χ4n) is 2.95. The number of benzene rings is 2. The lowest BCUT2D eigenvalue weighted by Crippen LogP contribution is -2.40. The summed E-state index contributed by atoms with van der Waals surface area (Å²) in [5, 5.41) is 1.74. The maximum Gasteiger partial charge on any atom is 0.261 e. The van der Waals surface area contributed by atoms with E-state index in [-0.39, 0.29) is 11.8 Å². The van der Waals surface area contributed by atoms with Gasteiger partial charge in [0.1, 0.15) is 0 Å². The van der Waals surface area contributed by atoms with Crippen LogP contribution >= 0.6 is 0 Å². The molecular weight excluding hydrogens is 264 g/mol. The molecule has 0 N–H and O–H groups in total. The molecule has 1 heterocycles. The highest BCUT2D eigenvalue weighted by Gasteiger charge is 2.32. The van der Waals surface area contributed by atoms with Gasteiger partial charge in [0, 0.05) is 48.2 Å². The van der Waals surface area contributed by atoms with Crippen LogP contribution in [0.3, 0.4) is 0 Å². The van der Waals surface area contributed by atoms with Crippen molar-refractivity contribution in [2.24, 2.45) is 0 Å². The van der Waals surface area contributed by atoms with Gasteiger partial charge in [0.15, 0.2) is 0 Å². The Kier molecular flexibility index (Phi) is 3.16. The number of anilines is 1. The van der Waals surface area contributed by atoms with E-state index in [0.29, 0.717) is 17.7 Å². The number of nitrogens with zero attached hydrogens (tertiary/aromatic N) is 2. The summed E-state index contributed by atoms with van der Waals surface area (Å²) in [6.45, 7) is 2.43. The maximum atomic E-state index is 12.6. The zero-order chi connectivity index (χ0) is 15.1. The molecule has 4 nitrogen and oxygen atoms in total. The van der Waals surface area contributed by atoms with Gasteiger partial charge in [-0.1, -0.05) is 19.1 Å². The molecule has 0 spiro atoms. The van der Waals surface area contributed by atoms with Gasteiger partial charge < -0.3 is 4.90 Å². The van der Waals surface area contributed by atoms with E-state index in [1.807, 2.05) is 56.3 Å². The first-order chi connectivity index (χ1) is 10.1. The van der Waals surface area contributed by atoms with Crippen LogP contribution in [0.1, 0.15) is 34.1 Å². The number of amides is 2. The Morgan fingerprint density at radius 3 is 2.29 bits per heavy atom. The van der Waals surface area contributed by atoms with Gasteiger partial charge in [-0.25, -0.2) is 0 Å². The van der Waals surface area contributed by atoms with Crippen molar-refractivity contribution >= 4 is 28.3 Å². The van der Waals surface area contributed by atoms with E-state index in [0.717, 1.165) is 22.9 Å². The Balaban J connectivity index is 2.33. The van der Waals surface area contributed by atoms with Crippen LogP contribution in [0.5, 0.6) is 0 Å². The summed E-state index contributed by atoms with van der Waals surface area (Å²) in [6, 6.07) is 9.43. The molecule has 0 atom stereocenters. The fourth-order valence-corrected chi connectivity index (χ4v) is 2.95. The van der Waals surface area contributed by atoms with Gasteiger partial charge in [0.2, 0.25) is 0 Å². The lowest BCUT2D eigenvalue weighted by atomic mass is 9.92. The average Bonchev–Trinajstić information content (AvgIpc) is 2.48. The van der Waals surface area contributed by atoms with Gasteiger partial charge in [-0.15, -0.1) is 0 Å². The molecule has 0 aliphatic carbocycles. The van der Waals surface area contributed by atoms with Crippen molar-refractivity contribution in [3.8, 4) is 0 Å². The maximum absolute atomic E-state index is 12.6. The zero-order valence-corrected chi connectivity index (χ0v) is 12.5. The number of rotatable bonds is 3. The minimum absolute atomic E-state index is 0.184. The van der Waals surface area contributed by atoms with Gasteiger partial charge in [-0.3, -0.25) is 14.5 Å². The molecule has 0 bridgehead atoms. The summed E-state index contributed by atoms with van der Waals surface area (Å²) in [5.41, 5.74) is 2.26. The summed E-state index contributed by atoms with van der Waals surface area (Å²) in [6.07, 6.45) is 0.762. The van der Waals surface area contributed by atoms with Gasteiger partial charge in [-0.05, 0) is 24.6 Å². The highest BCUT2D eigenvalue weighted by atomic mass is 16.2. The van der Waals surface area contributed by atoms with Crippen molar-refractivity contribution in [2.75, 3.05) is 25.5 Å². The summed E-state index contributed by atoms with van der Waals surface area (Å²) >= 11 is 0. The minimum atomic E-state index is -0.184. The van der Waals surface area contributed by atoms with Gasteiger partial charge in [-0.2, -0.15) is 0 Å². The molecule has 0 saturated heterocycles. The van der Waals surface area contributed by atoms with Crippen molar-refractivity contribution in [2.45, 2.75) is 13.3 Å². The van der Waals surface area contributed by atoms with Crippen molar-refractivity contribution in [3.05, 3.63) is 41.5 Å². The molecule has 0 aromatic heterocycles. The lowest BCUT2D eigenvalue weighted by Gasteiger charge is -2.28. The molecular formula is C17H18N2O2. The van der Waals surface area contributed by atoms with Gasteiger partial charge in [0.05, 0.1) is 0 Å². The van der Waals surface area contributed by atoms with Crippen molar-refractivity contribution in [1.82, 2.24) is 4.90 Å². The second-order valence-corrected chi connectivity index (χ2v) is 5.52. The Morgan fingerprint density at radius 1 is 1.00 bits per heavy atom. The van der Waals surface area contributed by atoms with Crippen LogP contribution in [0.15, 0.2) is 30.3 Å². The second kappa shape index (κ2) is 4.88. The van der Waals surface area contributed by atoms with Crippen LogP contribution in [-0.2, 0) is 0 Å². The van der Waals surface area contributed by atoms with Crippen molar-refractivity contribution in [3.63, 3.8) is 0 Å². The summed E-state index contributed by atoms with van der Waals surface area (Å²) in [7, 11) is 3.92. The summed E-state index contributed by atoms with van der Waals surface area (Å²) in [4.78, 5) is 28.5. The van der Waals surface area contributed by atoms with Gasteiger partial charge in [0.25, 0.3) is 11.8 Å². The van der Waals surface area contributed by atoms with Crippen LogP contribution in [0.25, 0.3) is 10.8 Å². The highest BCUT2D eigenvalue weighted by molar-refractivity contribution is 6.26. The molecule has 2 aromatic carbocycles. The number of carbonyl (C=O) groups excluding carboxylic acids is 2. The van der Waals surface area contributed by atoms with Crippen molar-refractivity contribution in [1.29, 1.82) is 0 Å². The Hall–Kier alpha value is -2.36. The third-order valence-corrected chi connectivity index (χ3v) is 3.90. The largest absolute Gasteiger partial charge is 0.377 e. The van der Waals surface area contributed by atoms with Crippen molar-refractivity contribution < 1.29 is 9.59 Å². The first kappa shape index (κ1) is 13.6. The molecule has 2 amide bonds. The Bertz CT molecular complexity index is 728. The van der Waals surface area contributed by atoms with Crippen LogP contribution < -0.4 is 4.90 Å². The van der Waals surface area contributed by atoms with E-state index in [4.69, 9.17) is 0 Å². The van der Waals surface area contributed by atoms with Crippen LogP contribution in [-0.4, -0.2) is 37.4 Å². The number of hydrogen-bond acceptors (Lipinski definition) is 3. The van der Waals surface area contributed by atoms with Crippen LogP contribution in [0.2, 0.25) is 0 Å². The highest BCUT2D eigenvalue weighted by Crippen LogP contribution is 2.35. The predicted molar refractivity (Wildman–Crippen MR) is 83.9 cm³/mol. The molecule has 4 heteroatoms. The predicted octanol–water partition coefficient (Wildman–Crippen LogP) is 2.91. The van der Waals surface area contributed by atoms with E-state index >= 15 is 0 Å². The van der Waals surface area contributed by atoms with Crippen LogP contribution in [0, 0.1) is 0 Å². The normalized spacial score (nSPS) is 14.0. The molecule has 2 aromatic rings. The molecule has 3 rings (SSSR count). The molecule has 0 fully saturated rings. The topological polar surface area (TPSA) is 40.6 Å². The first-order valence-electron chi connectivity index (χ1n) is 7.15. The zero-order valence-electron chi connectivity index (χ0n) is 12.5. The number of hydrogen-bond donors (Lipinski definition) is 0. The summed E-state index contributed by atoms with van der Waals surface area (Å²) in [5.74, 6) is -0.369. The molecule has 0 saturated carbocycles. The minimum Gasteiger partial charge on any atom is -0.377 e. The number of carbonyl (C=O) groups is 2. The monoisotopic (exact) mass is 282 g/mol. The average molecular weight is 282 g/mol. The van der Waals surface area contributed by atoms with E-state index < -0.39 is 0 Å². The molecule has 0 unspecified atom stereocenters. The quantitative estimate of drug-likeness (QED) is 0.813. The standard InChI is InChI=1S/C17H18N2O2/c1-4-10-19-16(20)12-7-5-6-11-14(18(2)3)9-8-13(15(11)12)17(19)21/h5-9H,4,10H2,1-3H3. The first-order valence-corrected chi connectivity index (χ1v) is 7.15. The third-order valence-electron chi connectivity index (χ3n) is 3.90. The summed E-state index contributed by atoms with van der Waals surface area (Å²) < 4.78 is 0. The SMILES string of the molecule is CCCN1C(=O)c2cccc3c(N(C)C)ccc(c23)C1=O. The molecule has 1 aliphatic rings. The lowest BCUT2D eigenvalue weighted by molar-refractivity contribution is 0.0611. The van der Waals surface area contributed by atoms with E-state index in [1.165, 1.54) is 4.90 Å². The molecule has 1 aliphatic heterocycles. The van der Waals surface area contributed by atoms with Gasteiger partial charge >= 0.3 is 0 Å². The molecule has 108 valence electrons. The van der Waals surface area contributed by atoms with Crippen LogP contribution in [0.4, 0.5) is 5.69 Å². The third kappa shape index (κ3) is 1.90.